The van der Waals surface area contributed by atoms with Crippen molar-refractivity contribution >= 4 is 0 Å². The van der Waals surface area contributed by atoms with Crippen LogP contribution in [0.4, 0.5) is 0 Å². The summed E-state index contributed by atoms with van der Waals surface area (Å²) in [5.74, 6) is 0.355. The van der Waals surface area contributed by atoms with E-state index >= 15 is 0 Å². The first-order valence-electron chi connectivity index (χ1n) is 5.21. The van der Waals surface area contributed by atoms with Crippen LogP contribution in [0.25, 0.3) is 0 Å². The van der Waals surface area contributed by atoms with E-state index in [0.29, 0.717) is 12.3 Å². The number of nitrogens with one attached hydrogen (secondary N) is 1. The van der Waals surface area contributed by atoms with Gasteiger partial charge in [0, 0.05) is 18.2 Å². The Bertz CT molecular complexity index is 337. The zero-order valence-electron chi connectivity index (χ0n) is 9.54. The van der Waals surface area contributed by atoms with Crippen LogP contribution in [0.1, 0.15) is 29.7 Å². The van der Waals surface area contributed by atoms with E-state index < -0.39 is 0 Å². The third-order valence-electron chi connectivity index (χ3n) is 2.76. The number of rotatable bonds is 4. The zero-order chi connectivity index (χ0) is 11.4. The topological polar surface area (TPSA) is 52.5 Å². The quantitative estimate of drug-likeness (QED) is 0.706. The van der Waals surface area contributed by atoms with Crippen molar-refractivity contribution in [1.29, 1.82) is 0 Å². The summed E-state index contributed by atoms with van der Waals surface area (Å²) in [6, 6.07) is 3.98. The van der Waals surface area contributed by atoms with Crippen molar-refractivity contribution in [2.45, 2.75) is 26.8 Å². The number of aryl methyl sites for hydroxylation is 1. The van der Waals surface area contributed by atoms with Gasteiger partial charge >= 0.3 is 0 Å². The van der Waals surface area contributed by atoms with E-state index in [1.165, 1.54) is 0 Å². The average Bonchev–Trinajstić information content (AvgIpc) is 2.23. The van der Waals surface area contributed by atoms with Crippen LogP contribution in [0.2, 0.25) is 0 Å². The van der Waals surface area contributed by atoms with Crippen molar-refractivity contribution in [2.75, 3.05) is 13.2 Å². The highest BCUT2D eigenvalue weighted by Gasteiger charge is 2.12. The predicted molar refractivity (Wildman–Crippen MR) is 61.1 cm³/mol. The number of aliphatic hydroxyl groups is 1. The summed E-state index contributed by atoms with van der Waals surface area (Å²) in [5.41, 5.74) is 2.89. The van der Waals surface area contributed by atoms with Gasteiger partial charge in [0.25, 0.3) is 0 Å². The van der Waals surface area contributed by atoms with Crippen LogP contribution in [0.15, 0.2) is 12.1 Å². The molecule has 0 heterocycles. The highest BCUT2D eigenvalue weighted by molar-refractivity contribution is 5.45. The molecule has 0 saturated heterocycles. The van der Waals surface area contributed by atoms with E-state index in [2.05, 4.69) is 5.32 Å². The van der Waals surface area contributed by atoms with E-state index in [1.807, 2.05) is 32.9 Å². The molecule has 0 aliphatic rings. The molecule has 3 nitrogen and oxygen atoms in total. The smallest absolute Gasteiger partial charge is 0.123 e. The lowest BCUT2D eigenvalue weighted by Crippen LogP contribution is -2.22. The molecule has 0 aliphatic heterocycles. The van der Waals surface area contributed by atoms with Gasteiger partial charge in [0.05, 0.1) is 6.61 Å². The van der Waals surface area contributed by atoms with Crippen molar-refractivity contribution in [1.82, 2.24) is 5.32 Å². The maximum atomic E-state index is 9.95. The second kappa shape index (κ2) is 5.14. The van der Waals surface area contributed by atoms with Gasteiger partial charge in [0.15, 0.2) is 0 Å². The van der Waals surface area contributed by atoms with Gasteiger partial charge in [0.1, 0.15) is 5.75 Å². The van der Waals surface area contributed by atoms with Crippen LogP contribution in [0.3, 0.4) is 0 Å². The summed E-state index contributed by atoms with van der Waals surface area (Å²) < 4.78 is 0. The van der Waals surface area contributed by atoms with Gasteiger partial charge in [0.2, 0.25) is 0 Å². The van der Waals surface area contributed by atoms with Gasteiger partial charge in [-0.25, -0.2) is 0 Å². The van der Waals surface area contributed by atoms with Crippen molar-refractivity contribution in [3.63, 3.8) is 0 Å². The van der Waals surface area contributed by atoms with E-state index in [1.54, 1.807) is 0 Å². The van der Waals surface area contributed by atoms with E-state index in [9.17, 15) is 5.11 Å². The maximum absolute atomic E-state index is 9.95. The number of benzene rings is 1. The molecule has 1 unspecified atom stereocenters. The minimum atomic E-state index is 0.0523. The van der Waals surface area contributed by atoms with Crippen LogP contribution < -0.4 is 5.32 Å². The van der Waals surface area contributed by atoms with Crippen molar-refractivity contribution in [3.8, 4) is 5.75 Å². The summed E-state index contributed by atoms with van der Waals surface area (Å²) in [4.78, 5) is 0. The molecule has 1 aromatic rings. The van der Waals surface area contributed by atoms with Gasteiger partial charge in [-0.05, 0) is 31.9 Å². The van der Waals surface area contributed by atoms with Crippen molar-refractivity contribution in [2.24, 2.45) is 0 Å². The van der Waals surface area contributed by atoms with Gasteiger partial charge in [-0.15, -0.1) is 0 Å². The molecular formula is C12H19NO2. The Labute approximate surface area is 90.8 Å². The molecule has 1 atom stereocenters. The monoisotopic (exact) mass is 209 g/mol. The predicted octanol–water partition coefficient (Wildman–Crippen LogP) is 1.65. The largest absolute Gasteiger partial charge is 0.507 e. The minimum Gasteiger partial charge on any atom is -0.507 e. The normalized spacial score (nSPS) is 12.8. The standard InChI is InChI=1S/C12H19NO2/c1-8-4-5-11(12(15)9(8)2)10(3)13-6-7-14/h4-5,10,13-15H,6-7H2,1-3H3. The van der Waals surface area contributed by atoms with Crippen LogP contribution in [0.5, 0.6) is 5.75 Å². The second-order valence-corrected chi connectivity index (χ2v) is 3.84. The Hall–Kier alpha value is -1.06. The summed E-state index contributed by atoms with van der Waals surface area (Å²) in [7, 11) is 0. The lowest BCUT2D eigenvalue weighted by Gasteiger charge is -2.17. The molecule has 0 aromatic heterocycles. The van der Waals surface area contributed by atoms with Crippen LogP contribution in [0, 0.1) is 13.8 Å². The summed E-state index contributed by atoms with van der Waals surface area (Å²) in [6.07, 6.45) is 0. The van der Waals surface area contributed by atoms with Gasteiger partial charge < -0.3 is 15.5 Å². The zero-order valence-corrected chi connectivity index (χ0v) is 9.54. The molecule has 0 aliphatic carbocycles. The molecule has 0 saturated carbocycles. The minimum absolute atomic E-state index is 0.0523. The fourth-order valence-corrected chi connectivity index (χ4v) is 1.56. The Morgan fingerprint density at radius 2 is 2.00 bits per heavy atom. The van der Waals surface area contributed by atoms with Crippen LogP contribution >= 0.6 is 0 Å². The molecule has 0 amide bonds. The molecule has 3 N–H and O–H groups in total. The van der Waals surface area contributed by atoms with E-state index in [-0.39, 0.29) is 12.6 Å². The summed E-state index contributed by atoms with van der Waals surface area (Å²) in [5, 5.41) is 21.8. The Morgan fingerprint density at radius 3 is 2.60 bits per heavy atom. The SMILES string of the molecule is Cc1ccc(C(C)NCCO)c(O)c1C. The van der Waals surface area contributed by atoms with Crippen molar-refractivity contribution < 1.29 is 10.2 Å². The molecule has 0 spiro atoms. The fourth-order valence-electron chi connectivity index (χ4n) is 1.56. The van der Waals surface area contributed by atoms with Crippen molar-refractivity contribution in [3.05, 3.63) is 28.8 Å². The number of hydrogen-bond acceptors (Lipinski definition) is 3. The van der Waals surface area contributed by atoms with Crippen LogP contribution in [-0.2, 0) is 0 Å². The molecule has 1 rings (SSSR count). The maximum Gasteiger partial charge on any atom is 0.123 e. The summed E-state index contributed by atoms with van der Waals surface area (Å²) >= 11 is 0. The number of phenolic OH excluding ortho intramolecular Hbond substituents is 1. The molecule has 0 fully saturated rings. The lowest BCUT2D eigenvalue weighted by atomic mass is 10.00. The Morgan fingerprint density at radius 1 is 1.33 bits per heavy atom. The first kappa shape index (κ1) is 12.0. The van der Waals surface area contributed by atoms with Gasteiger partial charge in [-0.3, -0.25) is 0 Å². The first-order chi connectivity index (χ1) is 7.07. The fraction of sp³-hybridized carbons (Fsp3) is 0.500. The molecule has 3 heteroatoms. The Kier molecular flexibility index (Phi) is 4.12. The molecular weight excluding hydrogens is 190 g/mol. The third-order valence-corrected chi connectivity index (χ3v) is 2.76. The third kappa shape index (κ3) is 2.70. The molecule has 84 valence electrons. The highest BCUT2D eigenvalue weighted by Crippen LogP contribution is 2.29. The molecule has 0 radical (unpaired) electrons. The van der Waals surface area contributed by atoms with Gasteiger partial charge in [-0.1, -0.05) is 12.1 Å². The number of hydrogen-bond donors (Lipinski definition) is 3. The van der Waals surface area contributed by atoms with Gasteiger partial charge in [-0.2, -0.15) is 0 Å². The first-order valence-corrected chi connectivity index (χ1v) is 5.21. The number of phenols is 1. The van der Waals surface area contributed by atoms with E-state index in [0.717, 1.165) is 16.7 Å². The number of aliphatic hydroxyl groups excluding tert-OH is 1. The Balaban J connectivity index is 2.90. The molecule has 15 heavy (non-hydrogen) atoms. The average molecular weight is 209 g/mol. The molecule has 0 bridgehead atoms. The lowest BCUT2D eigenvalue weighted by molar-refractivity contribution is 0.285. The number of aromatic hydroxyl groups is 1. The highest BCUT2D eigenvalue weighted by atomic mass is 16.3. The molecule has 1 aromatic carbocycles. The van der Waals surface area contributed by atoms with E-state index in [4.69, 9.17) is 5.11 Å². The van der Waals surface area contributed by atoms with Crippen LogP contribution in [-0.4, -0.2) is 23.4 Å². The summed E-state index contributed by atoms with van der Waals surface area (Å²) in [6.45, 7) is 6.50. The second-order valence-electron chi connectivity index (χ2n) is 3.84.